The van der Waals surface area contributed by atoms with Crippen molar-refractivity contribution >= 4 is 0 Å². The minimum Gasteiger partial charge on any atom is -0.376 e. The van der Waals surface area contributed by atoms with Gasteiger partial charge in [-0.2, -0.15) is 0 Å². The number of hydrogen-bond donors (Lipinski definition) is 0. The van der Waals surface area contributed by atoms with Gasteiger partial charge in [0.15, 0.2) is 0 Å². The van der Waals surface area contributed by atoms with Crippen LogP contribution in [0.25, 0.3) is 0 Å². The van der Waals surface area contributed by atoms with Gasteiger partial charge >= 0.3 is 0 Å². The predicted octanol–water partition coefficient (Wildman–Crippen LogP) is 4.22. The van der Waals surface area contributed by atoms with E-state index in [1.807, 2.05) is 0 Å². The SMILES string of the molecule is C1=CC2C3CC(OCCOC4CC5CC4C4CC=CC54)C(C3)C2C1. The van der Waals surface area contributed by atoms with Crippen LogP contribution in [-0.4, -0.2) is 25.4 Å². The molecule has 0 aromatic heterocycles. The molecular formula is C22H30O2. The second-order valence-corrected chi connectivity index (χ2v) is 9.42. The van der Waals surface area contributed by atoms with Crippen molar-refractivity contribution in [1.82, 2.24) is 0 Å². The standard InChI is InChI=1S/C22H30O2/c1-3-15-13-9-19(17(15)5-1)21(11-13)23-7-8-24-22-12-14-10-20(22)18-6-2-4-16(14)18/h1-4,13-22H,5-12H2. The van der Waals surface area contributed by atoms with E-state index in [0.717, 1.165) is 60.6 Å². The molecule has 24 heavy (non-hydrogen) atoms. The van der Waals surface area contributed by atoms with Gasteiger partial charge in [-0.1, -0.05) is 24.3 Å². The highest BCUT2D eigenvalue weighted by Gasteiger charge is 2.54. The lowest BCUT2D eigenvalue weighted by atomic mass is 9.80. The van der Waals surface area contributed by atoms with Gasteiger partial charge in [0.1, 0.15) is 0 Å². The molecule has 0 radical (unpaired) electrons. The van der Waals surface area contributed by atoms with Gasteiger partial charge in [-0.25, -0.2) is 0 Å². The lowest BCUT2D eigenvalue weighted by Crippen LogP contribution is -2.33. The van der Waals surface area contributed by atoms with Gasteiger partial charge in [0.05, 0.1) is 25.4 Å². The Morgan fingerprint density at radius 1 is 0.625 bits per heavy atom. The predicted molar refractivity (Wildman–Crippen MR) is 93.4 cm³/mol. The average Bonchev–Trinajstić information content (AvgIpc) is 3.40. The number of hydrogen-bond acceptors (Lipinski definition) is 2. The lowest BCUT2D eigenvalue weighted by molar-refractivity contribution is -0.0665. The molecule has 0 N–H and O–H groups in total. The molecule has 4 saturated carbocycles. The Bertz CT molecular complexity index is 516. The maximum Gasteiger partial charge on any atom is 0.0704 e. The molecule has 0 spiro atoms. The normalized spacial score (nSPS) is 55.7. The molecule has 0 heterocycles. The van der Waals surface area contributed by atoms with E-state index in [9.17, 15) is 0 Å². The van der Waals surface area contributed by atoms with Crippen molar-refractivity contribution in [3.05, 3.63) is 24.3 Å². The van der Waals surface area contributed by atoms with Crippen molar-refractivity contribution in [3.63, 3.8) is 0 Å². The lowest BCUT2D eigenvalue weighted by Gasteiger charge is -2.33. The monoisotopic (exact) mass is 326 g/mol. The fourth-order valence-corrected chi connectivity index (χ4v) is 7.77. The highest BCUT2D eigenvalue weighted by Crippen LogP contribution is 2.58. The van der Waals surface area contributed by atoms with Crippen LogP contribution in [0, 0.1) is 47.3 Å². The Morgan fingerprint density at radius 3 is 1.62 bits per heavy atom. The molecule has 130 valence electrons. The number of fused-ring (bicyclic) bond motifs is 10. The van der Waals surface area contributed by atoms with E-state index < -0.39 is 0 Å². The quantitative estimate of drug-likeness (QED) is 0.556. The zero-order valence-electron chi connectivity index (χ0n) is 14.6. The fraction of sp³-hybridized carbons (Fsp3) is 0.818. The third-order valence-electron chi connectivity index (χ3n) is 8.63. The summed E-state index contributed by atoms with van der Waals surface area (Å²) in [5, 5.41) is 0. The average molecular weight is 326 g/mol. The molecule has 2 heteroatoms. The summed E-state index contributed by atoms with van der Waals surface area (Å²) in [6.07, 6.45) is 19.0. The van der Waals surface area contributed by atoms with E-state index in [2.05, 4.69) is 24.3 Å². The zero-order valence-corrected chi connectivity index (χ0v) is 14.6. The van der Waals surface area contributed by atoms with Crippen LogP contribution in [0.5, 0.6) is 0 Å². The van der Waals surface area contributed by atoms with E-state index in [0.29, 0.717) is 12.2 Å². The first kappa shape index (κ1) is 14.6. The molecule has 6 aliphatic carbocycles. The number of rotatable bonds is 5. The molecule has 0 aromatic rings. The van der Waals surface area contributed by atoms with Crippen LogP contribution in [-0.2, 0) is 9.47 Å². The molecule has 10 atom stereocenters. The van der Waals surface area contributed by atoms with E-state index in [1.165, 1.54) is 38.5 Å². The number of ether oxygens (including phenoxy) is 2. The summed E-state index contributed by atoms with van der Waals surface area (Å²) in [6.45, 7) is 1.64. The van der Waals surface area contributed by atoms with Gasteiger partial charge in [0, 0.05) is 0 Å². The molecule has 0 saturated heterocycles. The minimum absolute atomic E-state index is 0.531. The summed E-state index contributed by atoms with van der Waals surface area (Å²) in [5.74, 6) is 7.12. The zero-order chi connectivity index (χ0) is 15.7. The molecule has 0 aromatic carbocycles. The topological polar surface area (TPSA) is 18.5 Å². The van der Waals surface area contributed by atoms with Crippen molar-refractivity contribution in [3.8, 4) is 0 Å². The molecule has 10 unspecified atom stereocenters. The molecule has 0 aliphatic heterocycles. The van der Waals surface area contributed by atoms with Crippen LogP contribution in [0.3, 0.4) is 0 Å². The Labute approximate surface area is 145 Å². The smallest absolute Gasteiger partial charge is 0.0704 e. The van der Waals surface area contributed by atoms with E-state index in [4.69, 9.17) is 9.47 Å². The fourth-order valence-electron chi connectivity index (χ4n) is 7.77. The summed E-state index contributed by atoms with van der Waals surface area (Å²) >= 11 is 0. The highest BCUT2D eigenvalue weighted by molar-refractivity contribution is 5.15. The third-order valence-corrected chi connectivity index (χ3v) is 8.63. The number of allylic oxidation sites excluding steroid dienone is 4. The van der Waals surface area contributed by atoms with Crippen LogP contribution >= 0.6 is 0 Å². The van der Waals surface area contributed by atoms with Gasteiger partial charge in [-0.15, -0.1) is 0 Å². The van der Waals surface area contributed by atoms with Gasteiger partial charge in [0.2, 0.25) is 0 Å². The Kier molecular flexibility index (Phi) is 3.30. The first-order valence-corrected chi connectivity index (χ1v) is 10.4. The van der Waals surface area contributed by atoms with E-state index in [-0.39, 0.29) is 0 Å². The summed E-state index contributed by atoms with van der Waals surface area (Å²) in [5.41, 5.74) is 0. The van der Waals surface area contributed by atoms with Crippen LogP contribution in [0.2, 0.25) is 0 Å². The second-order valence-electron chi connectivity index (χ2n) is 9.42. The summed E-state index contributed by atoms with van der Waals surface area (Å²) < 4.78 is 12.6. The van der Waals surface area contributed by atoms with Gasteiger partial charge in [-0.3, -0.25) is 0 Å². The van der Waals surface area contributed by atoms with Gasteiger partial charge in [-0.05, 0) is 85.9 Å². The highest BCUT2D eigenvalue weighted by atomic mass is 16.5. The summed E-state index contributed by atoms with van der Waals surface area (Å²) in [7, 11) is 0. The first-order chi connectivity index (χ1) is 11.9. The van der Waals surface area contributed by atoms with Crippen LogP contribution in [0.15, 0.2) is 24.3 Å². The summed E-state index contributed by atoms with van der Waals surface area (Å²) in [4.78, 5) is 0. The van der Waals surface area contributed by atoms with Gasteiger partial charge in [0.25, 0.3) is 0 Å². The van der Waals surface area contributed by atoms with Gasteiger partial charge < -0.3 is 9.47 Å². The van der Waals surface area contributed by atoms with Crippen molar-refractivity contribution in [2.75, 3.05) is 13.2 Å². The van der Waals surface area contributed by atoms with Crippen LogP contribution in [0.1, 0.15) is 38.5 Å². The minimum atomic E-state index is 0.531. The van der Waals surface area contributed by atoms with Crippen molar-refractivity contribution < 1.29 is 9.47 Å². The molecule has 2 nitrogen and oxygen atoms in total. The molecular weight excluding hydrogens is 296 g/mol. The Hall–Kier alpha value is -0.600. The second kappa shape index (κ2) is 5.45. The van der Waals surface area contributed by atoms with Crippen molar-refractivity contribution in [2.24, 2.45) is 47.3 Å². The molecule has 6 rings (SSSR count). The van der Waals surface area contributed by atoms with Crippen LogP contribution in [0.4, 0.5) is 0 Å². The maximum atomic E-state index is 6.31. The molecule has 6 aliphatic rings. The largest absolute Gasteiger partial charge is 0.376 e. The molecule has 0 amide bonds. The Balaban J connectivity index is 0.978. The summed E-state index contributed by atoms with van der Waals surface area (Å²) in [6, 6.07) is 0. The van der Waals surface area contributed by atoms with E-state index in [1.54, 1.807) is 0 Å². The third kappa shape index (κ3) is 2.02. The van der Waals surface area contributed by atoms with Crippen LogP contribution < -0.4 is 0 Å². The molecule has 4 fully saturated rings. The first-order valence-electron chi connectivity index (χ1n) is 10.4. The maximum absolute atomic E-state index is 6.31. The van der Waals surface area contributed by atoms with Crippen molar-refractivity contribution in [2.45, 2.75) is 50.7 Å². The Morgan fingerprint density at radius 2 is 1.12 bits per heavy atom. The van der Waals surface area contributed by atoms with Crippen molar-refractivity contribution in [1.29, 1.82) is 0 Å². The molecule has 4 bridgehead atoms. The van der Waals surface area contributed by atoms with E-state index >= 15 is 0 Å².